The van der Waals surface area contributed by atoms with E-state index in [1.165, 1.54) is 12.2 Å². The van der Waals surface area contributed by atoms with Crippen LogP contribution in [0.15, 0.2) is 9.32 Å². The van der Waals surface area contributed by atoms with Crippen LogP contribution < -0.4 is 0 Å². The third kappa shape index (κ3) is 7.29. The molecule has 0 atom stereocenters. The van der Waals surface area contributed by atoms with Crippen molar-refractivity contribution in [2.75, 3.05) is 0 Å². The molecule has 0 heterocycles. The first-order valence-electron chi connectivity index (χ1n) is 5.12. The van der Waals surface area contributed by atoms with Crippen molar-refractivity contribution in [1.82, 2.24) is 0 Å². The first-order valence-corrected chi connectivity index (χ1v) is 13.6. The average Bonchev–Trinajstić information content (AvgIpc) is 1.96. The molecule has 0 aliphatic rings. The Morgan fingerprint density at radius 3 is 1.29 bits per heavy atom. The standard InChI is InChI=1S/C8H18N2O4Si3/c1-15(2,9-7-11)13-17(5,6)14-16(3,4)10-8-12/h1-6H3. The Morgan fingerprint density at radius 1 is 0.765 bits per heavy atom. The maximum Gasteiger partial charge on any atom is 0.319 e. The fraction of sp³-hybridized carbons (Fsp3) is 0.750. The summed E-state index contributed by atoms with van der Waals surface area (Å²) in [6.45, 7) is 10.8. The van der Waals surface area contributed by atoms with Crippen molar-refractivity contribution in [2.24, 2.45) is 9.32 Å². The van der Waals surface area contributed by atoms with Crippen molar-refractivity contribution in [1.29, 1.82) is 0 Å². The van der Waals surface area contributed by atoms with Crippen LogP contribution in [0.3, 0.4) is 0 Å². The molecule has 6 nitrogen and oxygen atoms in total. The number of isocyanates is 2. The normalized spacial score (nSPS) is 12.6. The minimum atomic E-state index is -2.47. The van der Waals surface area contributed by atoms with E-state index in [0.29, 0.717) is 0 Å². The van der Waals surface area contributed by atoms with Crippen LogP contribution in [0.4, 0.5) is 0 Å². The van der Waals surface area contributed by atoms with Gasteiger partial charge in [-0.25, -0.2) is 18.9 Å². The SMILES string of the molecule is C[Si](C)(N=C=O)O[Si](C)(C)O[Si](C)(C)N=C=O. The third-order valence-corrected chi connectivity index (χ3v) is 10.8. The van der Waals surface area contributed by atoms with Crippen LogP contribution in [0.2, 0.25) is 39.3 Å². The van der Waals surface area contributed by atoms with E-state index in [2.05, 4.69) is 9.32 Å². The Labute approximate surface area is 104 Å². The van der Waals surface area contributed by atoms with E-state index in [1.807, 2.05) is 13.1 Å². The van der Waals surface area contributed by atoms with Gasteiger partial charge in [-0.3, -0.25) is 0 Å². The number of hydrogen-bond acceptors (Lipinski definition) is 6. The van der Waals surface area contributed by atoms with Crippen LogP contribution in [-0.2, 0) is 17.8 Å². The Kier molecular flexibility index (Phi) is 5.56. The lowest BCUT2D eigenvalue weighted by Crippen LogP contribution is -2.51. The zero-order chi connectivity index (χ0) is 13.7. The van der Waals surface area contributed by atoms with Crippen LogP contribution in [0.5, 0.6) is 0 Å². The van der Waals surface area contributed by atoms with Crippen LogP contribution in [0.25, 0.3) is 0 Å². The first-order chi connectivity index (χ1) is 7.54. The van der Waals surface area contributed by atoms with Gasteiger partial charge in [0.2, 0.25) is 12.2 Å². The smallest absolute Gasteiger partial charge is 0.319 e. The lowest BCUT2D eigenvalue weighted by molar-refractivity contribution is 0.390. The zero-order valence-electron chi connectivity index (χ0n) is 11.0. The molecule has 17 heavy (non-hydrogen) atoms. The predicted molar refractivity (Wildman–Crippen MR) is 70.9 cm³/mol. The molecule has 0 aromatic carbocycles. The van der Waals surface area contributed by atoms with Gasteiger partial charge >= 0.3 is 25.5 Å². The Bertz CT molecular complexity index is 337. The molecule has 0 N–H and O–H groups in total. The van der Waals surface area contributed by atoms with Crippen LogP contribution >= 0.6 is 0 Å². The molecule has 0 aromatic rings. The minimum absolute atomic E-state index is 1.52. The summed E-state index contributed by atoms with van der Waals surface area (Å²) < 4.78 is 19.0. The molecule has 0 aliphatic carbocycles. The van der Waals surface area contributed by atoms with Crippen molar-refractivity contribution in [2.45, 2.75) is 39.3 Å². The molecule has 0 saturated carbocycles. The number of carbonyl (C=O) groups excluding carboxylic acids is 2. The van der Waals surface area contributed by atoms with E-state index in [9.17, 15) is 9.59 Å². The molecule has 0 saturated heterocycles. The number of hydrogen-bond donors (Lipinski definition) is 0. The summed E-state index contributed by atoms with van der Waals surface area (Å²) in [4.78, 5) is 20.5. The Hall–Kier alpha value is -0.669. The summed E-state index contributed by atoms with van der Waals surface area (Å²) in [7, 11) is -7.35. The summed E-state index contributed by atoms with van der Waals surface area (Å²) in [5, 5.41) is 0. The second-order valence-electron chi connectivity index (χ2n) is 4.90. The van der Waals surface area contributed by atoms with Gasteiger partial charge in [-0.05, 0) is 39.3 Å². The predicted octanol–water partition coefficient (Wildman–Crippen LogP) is 1.80. The molecule has 0 amide bonds. The molecule has 0 fully saturated rings. The monoisotopic (exact) mass is 290 g/mol. The lowest BCUT2D eigenvalue weighted by atomic mass is 11.7. The topological polar surface area (TPSA) is 77.3 Å². The van der Waals surface area contributed by atoms with E-state index >= 15 is 0 Å². The van der Waals surface area contributed by atoms with Gasteiger partial charge in [0.15, 0.2) is 0 Å². The van der Waals surface area contributed by atoms with Gasteiger partial charge < -0.3 is 8.23 Å². The molecule has 0 radical (unpaired) electrons. The molecule has 0 unspecified atom stereocenters. The number of rotatable bonds is 6. The molecule has 0 rings (SSSR count). The number of nitrogens with zero attached hydrogens (tertiary/aromatic N) is 2. The summed E-state index contributed by atoms with van der Waals surface area (Å²) >= 11 is 0. The largest absolute Gasteiger partial charge is 0.419 e. The van der Waals surface area contributed by atoms with E-state index in [0.717, 1.165) is 0 Å². The highest BCUT2D eigenvalue weighted by atomic mass is 28.5. The lowest BCUT2D eigenvalue weighted by Gasteiger charge is -2.33. The molecular weight excluding hydrogens is 272 g/mol. The molecule has 96 valence electrons. The van der Waals surface area contributed by atoms with Gasteiger partial charge in [-0.15, -0.1) is 0 Å². The third-order valence-electron chi connectivity index (χ3n) is 1.62. The van der Waals surface area contributed by atoms with Crippen LogP contribution in [0.1, 0.15) is 0 Å². The summed E-state index contributed by atoms with van der Waals surface area (Å²) in [5.41, 5.74) is 0. The second kappa shape index (κ2) is 5.78. The minimum Gasteiger partial charge on any atom is -0.419 e. The molecule has 0 bridgehead atoms. The molecular formula is C8H18N2O4Si3. The Balaban J connectivity index is 4.81. The first kappa shape index (κ1) is 16.3. The van der Waals surface area contributed by atoms with E-state index in [-0.39, 0.29) is 0 Å². The van der Waals surface area contributed by atoms with Crippen molar-refractivity contribution in [3.05, 3.63) is 0 Å². The molecule has 0 aliphatic heterocycles. The highest BCUT2D eigenvalue weighted by Crippen LogP contribution is 2.21. The summed E-state index contributed by atoms with van der Waals surface area (Å²) in [6.07, 6.45) is 3.05. The van der Waals surface area contributed by atoms with E-state index < -0.39 is 25.5 Å². The second-order valence-corrected chi connectivity index (χ2v) is 15.6. The molecule has 0 spiro atoms. The maximum absolute atomic E-state index is 10.3. The van der Waals surface area contributed by atoms with E-state index in [1.54, 1.807) is 26.2 Å². The highest BCUT2D eigenvalue weighted by molar-refractivity contribution is 6.87. The summed E-state index contributed by atoms with van der Waals surface area (Å²) in [6, 6.07) is 0. The average molecular weight is 290 g/mol. The van der Waals surface area contributed by atoms with Crippen molar-refractivity contribution in [3.8, 4) is 0 Å². The maximum atomic E-state index is 10.3. The molecule has 0 aromatic heterocycles. The van der Waals surface area contributed by atoms with Crippen molar-refractivity contribution < 1.29 is 17.8 Å². The van der Waals surface area contributed by atoms with Gasteiger partial charge in [0, 0.05) is 0 Å². The van der Waals surface area contributed by atoms with Crippen molar-refractivity contribution >= 4 is 37.7 Å². The van der Waals surface area contributed by atoms with E-state index in [4.69, 9.17) is 8.23 Å². The van der Waals surface area contributed by atoms with Gasteiger partial charge in [0.05, 0.1) is 0 Å². The zero-order valence-corrected chi connectivity index (χ0v) is 14.0. The van der Waals surface area contributed by atoms with Gasteiger partial charge in [-0.1, -0.05) is 0 Å². The van der Waals surface area contributed by atoms with Gasteiger partial charge in [0.1, 0.15) is 0 Å². The highest BCUT2D eigenvalue weighted by Gasteiger charge is 2.40. The van der Waals surface area contributed by atoms with Crippen LogP contribution in [-0.4, -0.2) is 37.7 Å². The molecule has 9 heteroatoms. The van der Waals surface area contributed by atoms with Crippen molar-refractivity contribution in [3.63, 3.8) is 0 Å². The fourth-order valence-corrected chi connectivity index (χ4v) is 12.5. The fourth-order valence-electron chi connectivity index (χ4n) is 1.49. The quantitative estimate of drug-likeness (QED) is 0.424. The van der Waals surface area contributed by atoms with Crippen LogP contribution in [0, 0.1) is 0 Å². The van der Waals surface area contributed by atoms with Gasteiger partial charge in [-0.2, -0.15) is 0 Å². The van der Waals surface area contributed by atoms with Gasteiger partial charge in [0.25, 0.3) is 0 Å². The summed E-state index contributed by atoms with van der Waals surface area (Å²) in [5.74, 6) is 0. The Morgan fingerprint density at radius 2 is 1.06 bits per heavy atom.